The summed E-state index contributed by atoms with van der Waals surface area (Å²) >= 11 is 0. The van der Waals surface area contributed by atoms with Crippen LogP contribution in [-0.4, -0.2) is 0 Å². The molecule has 93 heavy (non-hydrogen) atoms. The van der Waals surface area contributed by atoms with E-state index in [4.69, 9.17) is 0 Å². The van der Waals surface area contributed by atoms with E-state index in [0.29, 0.717) is 11.8 Å². The van der Waals surface area contributed by atoms with Gasteiger partial charge < -0.3 is 9.80 Å². The van der Waals surface area contributed by atoms with Gasteiger partial charge in [-0.15, -0.1) is 0 Å². The number of benzene rings is 8. The Kier molecular flexibility index (Phi) is 23.8. The molecule has 1 aliphatic carbocycles. The van der Waals surface area contributed by atoms with Crippen molar-refractivity contribution in [1.82, 2.24) is 0 Å². The smallest absolute Gasteiger partial charge is 0.0715 e. The predicted molar refractivity (Wildman–Crippen MR) is 409 cm³/mol. The Labute approximate surface area is 567 Å². The van der Waals surface area contributed by atoms with Gasteiger partial charge in [0.1, 0.15) is 0 Å². The standard InChI is InChI=1S/C91H120N2/c1-19-23-27-31-35-69-55-70(36-32-28-24-20-2)58-77(57-69)91(78-59-71(37-33-29-25-21-3)56-72(60-78)38-34-30-26-22-4)85-61-81(92(79-43-39-73(40-44-79)63(5)6)87-65(9)51-75(52-66(87)10)89(13,14)15)47-49-83(85)84-50-48-82(62-86(84)91)93(80-45-41-74(42-46-80)64(7)8)88-67(11)53-76(54-68(88)12)90(16,17)18/h39-64H,19-38H2,1-18H3. The van der Waals surface area contributed by atoms with Gasteiger partial charge in [0, 0.05) is 22.7 Å². The number of hydrogen-bond acceptors (Lipinski definition) is 2. The fourth-order valence-electron chi connectivity index (χ4n) is 15.2. The fraction of sp³-hybridized carbons (Fsp3) is 0.473. The quantitative estimate of drug-likeness (QED) is 0.0414. The maximum absolute atomic E-state index is 2.72. The molecule has 0 spiro atoms. The Hall–Kier alpha value is -6.64. The summed E-state index contributed by atoms with van der Waals surface area (Å²) in [6, 6.07) is 60.5. The molecule has 0 atom stereocenters. The fourth-order valence-corrected chi connectivity index (χ4v) is 15.2. The lowest BCUT2D eigenvalue weighted by molar-refractivity contribution is 0.589. The molecule has 0 aliphatic heterocycles. The zero-order valence-electron chi connectivity index (χ0n) is 61.5. The van der Waals surface area contributed by atoms with E-state index >= 15 is 0 Å². The van der Waals surface area contributed by atoms with Gasteiger partial charge in [0.05, 0.1) is 16.8 Å². The van der Waals surface area contributed by atoms with Crippen molar-refractivity contribution in [3.8, 4) is 11.1 Å². The van der Waals surface area contributed by atoms with Gasteiger partial charge in [-0.05, 0) is 250 Å². The highest BCUT2D eigenvalue weighted by Gasteiger charge is 2.48. The Morgan fingerprint density at radius 1 is 0.323 bits per heavy atom. The Morgan fingerprint density at radius 3 is 0.860 bits per heavy atom. The maximum Gasteiger partial charge on any atom is 0.0715 e. The summed E-state index contributed by atoms with van der Waals surface area (Å²) < 4.78 is 0. The van der Waals surface area contributed by atoms with Crippen molar-refractivity contribution in [1.29, 1.82) is 0 Å². The third-order valence-electron chi connectivity index (χ3n) is 20.7. The number of rotatable bonds is 30. The normalized spacial score (nSPS) is 12.9. The molecule has 2 nitrogen and oxygen atoms in total. The lowest BCUT2D eigenvalue weighted by atomic mass is 9.66. The number of unbranched alkanes of at least 4 members (excludes halogenated alkanes) is 12. The van der Waals surface area contributed by atoms with Gasteiger partial charge in [-0.25, -0.2) is 0 Å². The highest BCUT2D eigenvalue weighted by molar-refractivity contribution is 5.93. The minimum atomic E-state index is -0.702. The highest BCUT2D eigenvalue weighted by Crippen LogP contribution is 2.60. The molecule has 8 aromatic carbocycles. The van der Waals surface area contributed by atoms with Crippen LogP contribution in [0.3, 0.4) is 0 Å². The molecule has 9 rings (SSSR count). The Morgan fingerprint density at radius 2 is 0.602 bits per heavy atom. The van der Waals surface area contributed by atoms with Crippen LogP contribution in [0, 0.1) is 27.7 Å². The van der Waals surface area contributed by atoms with Gasteiger partial charge in [0.15, 0.2) is 0 Å². The lowest BCUT2D eigenvalue weighted by Crippen LogP contribution is -2.30. The van der Waals surface area contributed by atoms with Gasteiger partial charge >= 0.3 is 0 Å². The van der Waals surface area contributed by atoms with Crippen LogP contribution < -0.4 is 9.80 Å². The number of fused-ring (bicyclic) bond motifs is 3. The van der Waals surface area contributed by atoms with E-state index < -0.39 is 5.41 Å². The van der Waals surface area contributed by atoms with Crippen molar-refractivity contribution in [2.75, 3.05) is 9.80 Å². The van der Waals surface area contributed by atoms with E-state index in [1.807, 2.05) is 0 Å². The minimum absolute atomic E-state index is 0.00870. The summed E-state index contributed by atoms with van der Waals surface area (Å²) in [7, 11) is 0. The second-order valence-electron chi connectivity index (χ2n) is 31.1. The third-order valence-corrected chi connectivity index (χ3v) is 20.7. The molecule has 2 heteroatoms. The summed E-state index contributed by atoms with van der Waals surface area (Å²) in [6.45, 7) is 42.2. The summed E-state index contributed by atoms with van der Waals surface area (Å²) in [6.07, 6.45) is 24.2. The summed E-state index contributed by atoms with van der Waals surface area (Å²) in [4.78, 5) is 5.26. The first-order chi connectivity index (χ1) is 44.5. The molecule has 0 heterocycles. The first-order valence-electron chi connectivity index (χ1n) is 37.1. The molecule has 0 unspecified atom stereocenters. The zero-order chi connectivity index (χ0) is 66.8. The topological polar surface area (TPSA) is 6.48 Å². The van der Waals surface area contributed by atoms with Gasteiger partial charge in [-0.3, -0.25) is 0 Å². The van der Waals surface area contributed by atoms with Crippen molar-refractivity contribution < 1.29 is 0 Å². The molecule has 0 fully saturated rings. The van der Waals surface area contributed by atoms with Gasteiger partial charge in [0.25, 0.3) is 0 Å². The van der Waals surface area contributed by atoms with Crippen LogP contribution >= 0.6 is 0 Å². The molecule has 0 N–H and O–H groups in total. The Bertz CT molecular complexity index is 3400. The first-order valence-corrected chi connectivity index (χ1v) is 37.1. The third kappa shape index (κ3) is 16.2. The summed E-state index contributed by atoms with van der Waals surface area (Å²) in [5.74, 6) is 0.852. The van der Waals surface area contributed by atoms with Gasteiger partial charge in [-0.1, -0.05) is 271 Å². The second kappa shape index (κ2) is 31.3. The number of aryl methyl sites for hydroxylation is 8. The van der Waals surface area contributed by atoms with Crippen LogP contribution in [0.4, 0.5) is 34.1 Å². The SMILES string of the molecule is CCCCCCc1cc(CCCCCC)cc(C2(c3cc(CCCCCC)cc(CCCCCC)c3)c3cc(N(c4ccc(C(C)C)cc4)c4c(C)cc(C(C)(C)C)cc4C)ccc3-c3ccc(N(c4ccc(C(C)C)cc4)c4c(C)cc(C(C)(C)C)cc4C)cc32)c1. The van der Waals surface area contributed by atoms with E-state index in [2.05, 4.69) is 280 Å². The van der Waals surface area contributed by atoms with Crippen LogP contribution in [0.25, 0.3) is 11.1 Å². The van der Waals surface area contributed by atoms with E-state index in [1.165, 1.54) is 237 Å². The molecule has 0 saturated carbocycles. The molecule has 0 saturated heterocycles. The second-order valence-corrected chi connectivity index (χ2v) is 31.1. The molecule has 0 amide bonds. The average Bonchev–Trinajstić information content (AvgIpc) is 1.55. The van der Waals surface area contributed by atoms with Gasteiger partial charge in [-0.2, -0.15) is 0 Å². The molecular formula is C91H120N2. The van der Waals surface area contributed by atoms with Crippen molar-refractivity contribution in [2.45, 2.75) is 281 Å². The highest BCUT2D eigenvalue weighted by atomic mass is 15.2. The van der Waals surface area contributed by atoms with Crippen LogP contribution in [0.1, 0.15) is 301 Å². The van der Waals surface area contributed by atoms with Crippen molar-refractivity contribution >= 4 is 34.1 Å². The molecule has 8 aromatic rings. The summed E-state index contributed by atoms with van der Waals surface area (Å²) in [5.41, 5.74) is 31.4. The molecule has 1 aliphatic rings. The molecule has 0 radical (unpaired) electrons. The van der Waals surface area contributed by atoms with Crippen LogP contribution in [-0.2, 0) is 41.9 Å². The predicted octanol–water partition coefficient (Wildman–Crippen LogP) is 27.6. The van der Waals surface area contributed by atoms with Crippen molar-refractivity contribution in [3.05, 3.63) is 235 Å². The molecule has 494 valence electrons. The Balaban J connectivity index is 1.46. The molecule has 0 bridgehead atoms. The van der Waals surface area contributed by atoms with E-state index in [-0.39, 0.29) is 10.8 Å². The maximum atomic E-state index is 2.72. The first kappa shape index (κ1) is 70.7. The number of anilines is 6. The molecule has 0 aromatic heterocycles. The van der Waals surface area contributed by atoms with Crippen LogP contribution in [0.5, 0.6) is 0 Å². The zero-order valence-corrected chi connectivity index (χ0v) is 61.5. The molecular weight excluding hydrogens is 1120 g/mol. The largest absolute Gasteiger partial charge is 0.310 e. The van der Waals surface area contributed by atoms with E-state index in [9.17, 15) is 0 Å². The van der Waals surface area contributed by atoms with Gasteiger partial charge in [0.2, 0.25) is 0 Å². The van der Waals surface area contributed by atoms with Crippen molar-refractivity contribution in [3.63, 3.8) is 0 Å². The van der Waals surface area contributed by atoms with Crippen molar-refractivity contribution in [2.24, 2.45) is 0 Å². The monoisotopic (exact) mass is 1240 g/mol. The lowest BCUT2D eigenvalue weighted by Gasteiger charge is -2.37. The number of nitrogens with zero attached hydrogens (tertiary/aromatic N) is 2. The van der Waals surface area contributed by atoms with Crippen LogP contribution in [0.2, 0.25) is 0 Å². The minimum Gasteiger partial charge on any atom is -0.310 e. The summed E-state index contributed by atoms with van der Waals surface area (Å²) in [5, 5.41) is 0. The average molecular weight is 1240 g/mol. The number of hydrogen-bond donors (Lipinski definition) is 0. The van der Waals surface area contributed by atoms with E-state index in [1.54, 1.807) is 0 Å². The van der Waals surface area contributed by atoms with E-state index in [0.717, 1.165) is 25.7 Å². The van der Waals surface area contributed by atoms with Crippen LogP contribution in [0.15, 0.2) is 146 Å².